The Morgan fingerprint density at radius 1 is 1.32 bits per heavy atom. The van der Waals surface area contributed by atoms with Crippen LogP contribution in [0.3, 0.4) is 0 Å². The predicted molar refractivity (Wildman–Crippen MR) is 100 cm³/mol. The van der Waals surface area contributed by atoms with Crippen molar-refractivity contribution in [3.05, 3.63) is 70.5 Å². The van der Waals surface area contributed by atoms with Gasteiger partial charge in [0, 0.05) is 16.3 Å². The van der Waals surface area contributed by atoms with Gasteiger partial charge < -0.3 is 4.98 Å². The van der Waals surface area contributed by atoms with Crippen molar-refractivity contribution < 1.29 is 13.2 Å². The van der Waals surface area contributed by atoms with Crippen LogP contribution in [0.1, 0.15) is 34.2 Å². The Morgan fingerprint density at radius 2 is 2.00 bits per heavy atom. The minimum atomic E-state index is -3.71. The van der Waals surface area contributed by atoms with Crippen molar-refractivity contribution in [2.24, 2.45) is 0 Å². The average Bonchev–Trinajstić information content (AvgIpc) is 2.95. The maximum Gasteiger partial charge on any atom is 0.282 e. The third-order valence-corrected chi connectivity index (χ3v) is 4.44. The molecule has 0 saturated carbocycles. The predicted octanol–water partition coefficient (Wildman–Crippen LogP) is 3.02. The highest BCUT2D eigenvalue weighted by atomic mass is 35.5. The fourth-order valence-electron chi connectivity index (χ4n) is 2.13. The molecule has 3 N–H and O–H groups in total. The molecule has 8 heteroatoms. The Kier molecular flexibility index (Phi) is 6.19. The zero-order valence-electron chi connectivity index (χ0n) is 13.5. The number of amides is 1. The fraction of sp³-hybridized carbons (Fsp3) is 0.118. The molecule has 0 spiro atoms. The topological polar surface area (TPSA) is 91.1 Å². The number of halogens is 1. The monoisotopic (exact) mass is 379 g/mol. The van der Waals surface area contributed by atoms with Crippen LogP contribution in [0.5, 0.6) is 0 Å². The minimum absolute atomic E-state index is 0.182. The zero-order valence-corrected chi connectivity index (χ0v) is 15.1. The lowest BCUT2D eigenvalue weighted by atomic mass is 10.2. The summed E-state index contributed by atoms with van der Waals surface area (Å²) in [7, 11) is -3.71. The van der Waals surface area contributed by atoms with Gasteiger partial charge in [-0.2, -0.15) is 0 Å². The molecular formula is C17H18ClN3O3S. The number of hydrazine groups is 1. The molecule has 0 aliphatic carbocycles. The molecule has 0 aliphatic rings. The van der Waals surface area contributed by atoms with E-state index in [0.29, 0.717) is 21.9 Å². The molecule has 0 fully saturated rings. The number of nitrogens with one attached hydrogen (secondary N) is 3. The van der Waals surface area contributed by atoms with E-state index < -0.39 is 15.9 Å². The number of carbonyl (C=O) groups excluding carboxylic acids is 1. The highest BCUT2D eigenvalue weighted by Gasteiger charge is 2.16. The first kappa shape index (κ1) is 19.0. The number of H-pyrrole nitrogens is 1. The van der Waals surface area contributed by atoms with Crippen molar-refractivity contribution in [3.63, 3.8) is 0 Å². The summed E-state index contributed by atoms with van der Waals surface area (Å²) in [6.07, 6.45) is 3.22. The van der Waals surface area contributed by atoms with E-state index in [4.69, 9.17) is 11.6 Å². The number of hydrogen-bond acceptors (Lipinski definition) is 3. The molecule has 1 aromatic carbocycles. The average molecular weight is 380 g/mol. The van der Waals surface area contributed by atoms with Crippen molar-refractivity contribution in [3.8, 4) is 0 Å². The minimum Gasteiger partial charge on any atom is -0.351 e. The molecular weight excluding hydrogens is 362 g/mol. The second-order valence-corrected chi connectivity index (χ2v) is 7.61. The third-order valence-electron chi connectivity index (χ3n) is 3.20. The van der Waals surface area contributed by atoms with E-state index in [1.54, 1.807) is 55.5 Å². The summed E-state index contributed by atoms with van der Waals surface area (Å²) in [5, 5.41) is 0.539. The first-order chi connectivity index (χ1) is 11.8. The van der Waals surface area contributed by atoms with Crippen molar-refractivity contribution in [2.45, 2.75) is 12.7 Å². The summed E-state index contributed by atoms with van der Waals surface area (Å²) in [5.74, 6) is -0.859. The number of benzene rings is 1. The van der Waals surface area contributed by atoms with Gasteiger partial charge in [0.05, 0.1) is 5.75 Å². The number of carbonyl (C=O) groups is 1. The van der Waals surface area contributed by atoms with Gasteiger partial charge in [-0.1, -0.05) is 48.5 Å². The molecule has 2 rings (SSSR count). The lowest BCUT2D eigenvalue weighted by Gasteiger charge is -2.07. The summed E-state index contributed by atoms with van der Waals surface area (Å²) >= 11 is 5.85. The molecule has 6 nitrogen and oxygen atoms in total. The fourth-order valence-corrected chi connectivity index (χ4v) is 3.20. The molecule has 0 bridgehead atoms. The Balaban J connectivity index is 2.06. The van der Waals surface area contributed by atoms with Gasteiger partial charge in [-0.15, -0.1) is 4.83 Å². The first-order valence-corrected chi connectivity index (χ1v) is 9.37. The van der Waals surface area contributed by atoms with Crippen molar-refractivity contribution in [1.82, 2.24) is 15.2 Å². The molecule has 0 radical (unpaired) electrons. The van der Waals surface area contributed by atoms with Crippen LogP contribution in [0.15, 0.2) is 48.0 Å². The van der Waals surface area contributed by atoms with Gasteiger partial charge in [0.15, 0.2) is 0 Å². The molecule has 0 saturated heterocycles. The van der Waals surface area contributed by atoms with Crippen LogP contribution in [0.2, 0.25) is 0 Å². The number of sulfonamides is 1. The Morgan fingerprint density at radius 3 is 2.60 bits per heavy atom. The Labute approximate surface area is 151 Å². The van der Waals surface area contributed by atoms with E-state index >= 15 is 0 Å². The maximum atomic E-state index is 12.2. The van der Waals surface area contributed by atoms with Gasteiger partial charge in [-0.05, 0) is 30.7 Å². The Bertz CT molecular complexity index is 898. The molecule has 0 aliphatic heterocycles. The van der Waals surface area contributed by atoms with Crippen molar-refractivity contribution >= 4 is 39.7 Å². The van der Waals surface area contributed by atoms with E-state index in [1.807, 2.05) is 0 Å². The van der Waals surface area contributed by atoms with E-state index in [2.05, 4.69) is 21.8 Å². The van der Waals surface area contributed by atoms with Gasteiger partial charge in [0.25, 0.3) is 5.91 Å². The third kappa shape index (κ3) is 5.60. The standard InChI is InChI=1S/C17H18ClN3O3S/c1-3-15-14(9-12(2)18)10-16(19-15)17(22)20-21-25(23,24)11-13-7-5-4-6-8-13/h3-10,19,21H,1,11H2,2H3,(H,20,22)/b12-9+. The molecule has 132 valence electrons. The van der Waals surface area contributed by atoms with Crippen LogP contribution < -0.4 is 10.3 Å². The normalized spacial score (nSPS) is 12.0. The van der Waals surface area contributed by atoms with Gasteiger partial charge in [-0.25, -0.2) is 8.42 Å². The molecule has 2 aromatic rings. The lowest BCUT2D eigenvalue weighted by molar-refractivity contribution is 0.0940. The summed E-state index contributed by atoms with van der Waals surface area (Å²) in [5.41, 5.74) is 4.27. The summed E-state index contributed by atoms with van der Waals surface area (Å²) in [6, 6.07) is 10.2. The number of allylic oxidation sites excluding steroid dienone is 1. The van der Waals surface area contributed by atoms with E-state index in [9.17, 15) is 13.2 Å². The van der Waals surface area contributed by atoms with Gasteiger partial charge >= 0.3 is 0 Å². The Hall–Kier alpha value is -2.35. The highest BCUT2D eigenvalue weighted by Crippen LogP contribution is 2.17. The second-order valence-electron chi connectivity index (χ2n) is 5.29. The summed E-state index contributed by atoms with van der Waals surface area (Å²) in [4.78, 5) is 17.1. The van der Waals surface area contributed by atoms with Crippen LogP contribution in [0.25, 0.3) is 12.2 Å². The van der Waals surface area contributed by atoms with Crippen molar-refractivity contribution in [1.29, 1.82) is 0 Å². The van der Waals surface area contributed by atoms with Crippen molar-refractivity contribution in [2.75, 3.05) is 0 Å². The van der Waals surface area contributed by atoms with Gasteiger partial charge in [-0.3, -0.25) is 10.2 Å². The van der Waals surface area contributed by atoms with E-state index in [1.165, 1.54) is 0 Å². The maximum absolute atomic E-state index is 12.2. The molecule has 1 amide bonds. The molecule has 1 heterocycles. The van der Waals surface area contributed by atoms with Crippen LogP contribution in [0, 0.1) is 0 Å². The SMILES string of the molecule is C=Cc1[nH]c(C(=O)NNS(=O)(=O)Cc2ccccc2)cc1/C=C(\C)Cl. The quantitative estimate of drug-likeness (QED) is 0.646. The largest absolute Gasteiger partial charge is 0.351 e. The highest BCUT2D eigenvalue weighted by molar-refractivity contribution is 7.88. The number of aromatic nitrogens is 1. The summed E-state index contributed by atoms with van der Waals surface area (Å²) < 4.78 is 24.1. The van der Waals surface area contributed by atoms with Crippen LogP contribution in [-0.4, -0.2) is 19.3 Å². The smallest absolute Gasteiger partial charge is 0.282 e. The van der Waals surface area contributed by atoms with E-state index in [0.717, 1.165) is 0 Å². The molecule has 0 unspecified atom stereocenters. The second kappa shape index (κ2) is 8.15. The molecule has 25 heavy (non-hydrogen) atoms. The van der Waals surface area contributed by atoms with Crippen LogP contribution >= 0.6 is 11.6 Å². The number of aromatic amines is 1. The van der Waals surface area contributed by atoms with Crippen LogP contribution in [-0.2, 0) is 15.8 Å². The molecule has 0 atom stereocenters. The van der Waals surface area contributed by atoms with Gasteiger partial charge in [0.2, 0.25) is 10.0 Å². The first-order valence-electron chi connectivity index (χ1n) is 7.34. The van der Waals surface area contributed by atoms with Gasteiger partial charge in [0.1, 0.15) is 5.69 Å². The van der Waals surface area contributed by atoms with E-state index in [-0.39, 0.29) is 11.4 Å². The summed E-state index contributed by atoms with van der Waals surface area (Å²) in [6.45, 7) is 5.36. The molecule has 1 aromatic heterocycles. The number of hydrogen-bond donors (Lipinski definition) is 3. The number of rotatable bonds is 7. The lowest BCUT2D eigenvalue weighted by Crippen LogP contribution is -2.42. The zero-order chi connectivity index (χ0) is 18.4. The van der Waals surface area contributed by atoms with Crippen LogP contribution in [0.4, 0.5) is 0 Å².